The monoisotopic (exact) mass is 577 g/mol. The largest absolute Gasteiger partial charge is 0.511 e. The number of aromatic hydroxyl groups is 1. The fourth-order valence-corrected chi connectivity index (χ4v) is 6.14. The van der Waals surface area contributed by atoms with Crippen LogP contribution in [0.3, 0.4) is 0 Å². The van der Waals surface area contributed by atoms with Crippen LogP contribution in [0.2, 0.25) is 0 Å². The third kappa shape index (κ3) is 3.94. The highest BCUT2D eigenvalue weighted by Crippen LogP contribution is 2.55. The smallest absolute Gasteiger partial charge is 0.254 e. The van der Waals surface area contributed by atoms with E-state index < -0.39 is 81.7 Å². The number of benzene rings is 1. The highest BCUT2D eigenvalue weighted by Gasteiger charge is 2.62. The summed E-state index contributed by atoms with van der Waals surface area (Å²) in [4.78, 5) is 37.8. The second-order valence-corrected chi connectivity index (χ2v) is 10.4. The minimum Gasteiger partial charge on any atom is -0.511 e. The summed E-state index contributed by atoms with van der Waals surface area (Å²) in [7, 11) is 0. The summed E-state index contributed by atoms with van der Waals surface area (Å²) in [6.07, 6.45) is -0.394. The van der Waals surface area contributed by atoms with Crippen molar-refractivity contribution < 1.29 is 39.9 Å². The molecule has 11 nitrogen and oxygen atoms in total. The lowest BCUT2D eigenvalue weighted by atomic mass is 9.56. The molecule has 0 aliphatic heterocycles. The topological polar surface area (TPSA) is 214 Å². The van der Waals surface area contributed by atoms with E-state index in [1.165, 1.54) is 6.07 Å². The molecule has 1 aromatic rings. The lowest BCUT2D eigenvalue weighted by Gasteiger charge is -2.51. The summed E-state index contributed by atoms with van der Waals surface area (Å²) in [6, 6.07) is 2.99. The van der Waals surface area contributed by atoms with E-state index in [1.54, 1.807) is 13.0 Å². The van der Waals surface area contributed by atoms with Gasteiger partial charge in [-0.15, -0.1) is 0 Å². The molecule has 2 amide bonds. The first-order valence-corrected chi connectivity index (χ1v) is 12.9. The number of ketones is 1. The summed E-state index contributed by atoms with van der Waals surface area (Å²) in [5.41, 5.74) is 0.658. The number of Topliss-reactive ketones (excluding diaryl/α,β-unsaturated/α-hetero) is 1. The van der Waals surface area contributed by atoms with Crippen LogP contribution in [0, 0.1) is 17.2 Å². The van der Waals surface area contributed by atoms with E-state index in [0.717, 1.165) is 11.8 Å². The Balaban J connectivity index is 1.82. The fourth-order valence-electron chi connectivity index (χ4n) is 5.74. The molecule has 4 rings (SSSR count). The number of rotatable bonds is 6. The summed E-state index contributed by atoms with van der Waals surface area (Å²) < 4.78 is 0. The molecule has 1 aromatic carbocycles. The molecular weight excluding hydrogens is 550 g/mol. The Morgan fingerprint density at radius 3 is 2.54 bits per heavy atom. The van der Waals surface area contributed by atoms with Gasteiger partial charge in [-0.3, -0.25) is 14.4 Å². The maximum Gasteiger partial charge on any atom is 0.254 e. The lowest BCUT2D eigenvalue weighted by molar-refractivity contribution is -0.116. The number of aliphatic hydroxyl groups is 4. The van der Waals surface area contributed by atoms with Crippen LogP contribution in [0.4, 0.5) is 5.69 Å². The highest BCUT2D eigenvalue weighted by molar-refractivity contribution is 9.09. The van der Waals surface area contributed by atoms with Crippen LogP contribution in [0.25, 0.3) is 0 Å². The quantitative estimate of drug-likeness (QED) is 0.142. The highest BCUT2D eigenvalue weighted by atomic mass is 79.9. The number of unbranched alkanes of at least 4 members (excludes halogenated alkanes) is 1. The lowest BCUT2D eigenvalue weighted by Crippen LogP contribution is -2.62. The normalized spacial score (nSPS) is 29.0. The SMILES string of the molecule is C[C@H]1c2ccc(NC(=O)CCCCBr)c(O)c2C(=O)C2=C(O)[C@]3(O)C(=N)C(C(N)=O)=C(O)CC3[C@@H](O)C21. The standard InChI is InChI=1S/C25H28BrN3O8/c1-9-10-5-6-12(29-14(31)4-2-3-7-26)20(33)16(10)21(34)18-15(9)19(32)11-8-13(30)17(24(28)36)22(27)25(11,37)23(18)35/h5-6,9,11,15,19,27,30,32-33,35,37H,2-4,7-8H2,1H3,(H2,28,36)(H,29,31)/t9-,11?,15?,19+,25+/m0/s1. The van der Waals surface area contributed by atoms with E-state index in [1.807, 2.05) is 0 Å². The third-order valence-electron chi connectivity index (χ3n) is 7.62. The molecule has 2 unspecified atom stereocenters. The van der Waals surface area contributed by atoms with E-state index in [0.29, 0.717) is 12.0 Å². The van der Waals surface area contributed by atoms with Crippen molar-refractivity contribution in [3.8, 4) is 5.75 Å². The van der Waals surface area contributed by atoms with Gasteiger partial charge in [0, 0.05) is 35.6 Å². The van der Waals surface area contributed by atoms with Crippen LogP contribution in [0.15, 0.2) is 34.8 Å². The minimum atomic E-state index is -2.68. The van der Waals surface area contributed by atoms with Gasteiger partial charge in [-0.2, -0.15) is 0 Å². The summed E-state index contributed by atoms with van der Waals surface area (Å²) in [5, 5.41) is 66.9. The molecule has 9 N–H and O–H groups in total. The molecule has 0 heterocycles. The summed E-state index contributed by atoms with van der Waals surface area (Å²) in [6.45, 7) is 1.66. The van der Waals surface area contributed by atoms with Crippen molar-refractivity contribution in [2.24, 2.45) is 17.6 Å². The number of aliphatic hydroxyl groups excluding tert-OH is 3. The molecule has 3 aliphatic carbocycles. The molecule has 0 fully saturated rings. The fraction of sp³-hybridized carbons (Fsp3) is 0.440. The minimum absolute atomic E-state index is 0.0103. The van der Waals surface area contributed by atoms with Crippen LogP contribution < -0.4 is 11.1 Å². The maximum atomic E-state index is 13.7. The predicted octanol–water partition coefficient (Wildman–Crippen LogP) is 2.07. The first-order valence-electron chi connectivity index (χ1n) is 11.8. The number of hydrogen-bond donors (Lipinski definition) is 8. The molecule has 0 spiro atoms. The molecule has 198 valence electrons. The van der Waals surface area contributed by atoms with E-state index in [9.17, 15) is 39.9 Å². The van der Waals surface area contributed by atoms with Crippen LogP contribution in [-0.2, 0) is 9.59 Å². The number of alkyl halides is 1. The zero-order chi connectivity index (χ0) is 27.4. The van der Waals surface area contributed by atoms with Gasteiger partial charge in [0.1, 0.15) is 17.1 Å². The van der Waals surface area contributed by atoms with Gasteiger partial charge >= 0.3 is 0 Å². The Labute approximate surface area is 220 Å². The van der Waals surface area contributed by atoms with Gasteiger partial charge < -0.3 is 42.0 Å². The number of nitrogens with one attached hydrogen (secondary N) is 2. The van der Waals surface area contributed by atoms with Crippen molar-refractivity contribution in [1.82, 2.24) is 0 Å². The summed E-state index contributed by atoms with van der Waals surface area (Å²) >= 11 is 3.29. The number of primary amides is 1. The van der Waals surface area contributed by atoms with E-state index in [2.05, 4.69) is 21.2 Å². The van der Waals surface area contributed by atoms with Crippen molar-refractivity contribution in [2.45, 2.75) is 50.2 Å². The Hall–Kier alpha value is -3.22. The number of allylic oxidation sites excluding steroid dienone is 1. The number of phenolic OH excluding ortho intramolecular Hbond substituents is 1. The molecule has 12 heteroatoms. The first-order chi connectivity index (χ1) is 17.4. The maximum absolute atomic E-state index is 13.7. The number of nitrogens with two attached hydrogens (primary N) is 1. The van der Waals surface area contributed by atoms with Crippen molar-refractivity contribution in [3.63, 3.8) is 0 Å². The Kier molecular flexibility index (Phi) is 6.95. The number of carbonyl (C=O) groups excluding carboxylic acids is 3. The Morgan fingerprint density at radius 2 is 1.92 bits per heavy atom. The van der Waals surface area contributed by atoms with Gasteiger partial charge in [-0.25, -0.2) is 0 Å². The number of phenols is 1. The number of amides is 2. The van der Waals surface area contributed by atoms with E-state index in [-0.39, 0.29) is 23.6 Å². The second kappa shape index (κ2) is 9.58. The number of halogens is 1. The van der Waals surface area contributed by atoms with Gasteiger partial charge in [0.2, 0.25) is 5.91 Å². The molecule has 3 aliphatic rings. The van der Waals surface area contributed by atoms with Crippen molar-refractivity contribution in [3.05, 3.63) is 45.9 Å². The zero-order valence-electron chi connectivity index (χ0n) is 19.9. The average molecular weight is 578 g/mol. The van der Waals surface area contributed by atoms with E-state index >= 15 is 0 Å². The molecule has 0 aromatic heterocycles. The van der Waals surface area contributed by atoms with Crippen LogP contribution in [-0.4, -0.2) is 65.9 Å². The van der Waals surface area contributed by atoms with Crippen molar-refractivity contribution in [1.29, 1.82) is 5.41 Å². The van der Waals surface area contributed by atoms with Gasteiger partial charge in [0.25, 0.3) is 5.91 Å². The molecule has 37 heavy (non-hydrogen) atoms. The molecule has 0 saturated heterocycles. The number of carbonyl (C=O) groups is 3. The van der Waals surface area contributed by atoms with Crippen LogP contribution in [0.5, 0.6) is 5.75 Å². The van der Waals surface area contributed by atoms with Gasteiger partial charge in [0.05, 0.1) is 23.1 Å². The number of fused-ring (bicyclic) bond motifs is 3. The zero-order valence-corrected chi connectivity index (χ0v) is 21.5. The average Bonchev–Trinajstić information content (AvgIpc) is 2.83. The second-order valence-electron chi connectivity index (χ2n) is 9.65. The van der Waals surface area contributed by atoms with Crippen molar-refractivity contribution in [2.75, 3.05) is 10.6 Å². The van der Waals surface area contributed by atoms with Crippen molar-refractivity contribution >= 4 is 44.9 Å². The summed E-state index contributed by atoms with van der Waals surface area (Å²) in [5.74, 6) is -7.61. The van der Waals surface area contributed by atoms with Gasteiger partial charge in [-0.05, 0) is 30.4 Å². The number of hydrogen-bond acceptors (Lipinski definition) is 9. The predicted molar refractivity (Wildman–Crippen MR) is 136 cm³/mol. The molecule has 0 saturated carbocycles. The van der Waals surface area contributed by atoms with E-state index in [4.69, 9.17) is 11.1 Å². The Morgan fingerprint density at radius 1 is 1.24 bits per heavy atom. The first kappa shape index (κ1) is 26.8. The molecule has 0 bridgehead atoms. The number of anilines is 1. The van der Waals surface area contributed by atoms with Crippen LogP contribution in [0.1, 0.15) is 54.4 Å². The Bertz CT molecular complexity index is 1290. The van der Waals surface area contributed by atoms with Gasteiger partial charge in [0.15, 0.2) is 17.1 Å². The molecule has 0 radical (unpaired) electrons. The molecule has 5 atom stereocenters. The van der Waals surface area contributed by atoms with Gasteiger partial charge in [-0.1, -0.05) is 28.9 Å². The third-order valence-corrected chi connectivity index (χ3v) is 8.18. The van der Waals surface area contributed by atoms with Crippen LogP contribution >= 0.6 is 15.9 Å². The molecular formula is C25H28BrN3O8.